The second-order valence-electron chi connectivity index (χ2n) is 10.8. The van der Waals surface area contributed by atoms with E-state index in [9.17, 15) is 13.0 Å². The largest absolute Gasteiger partial charge is 0.744 e. The van der Waals surface area contributed by atoms with Gasteiger partial charge in [-0.25, -0.2) is 13.0 Å². The van der Waals surface area contributed by atoms with Gasteiger partial charge in [0.25, 0.3) is 0 Å². The van der Waals surface area contributed by atoms with E-state index >= 15 is 0 Å². The predicted molar refractivity (Wildman–Crippen MR) is 164 cm³/mol. The monoisotopic (exact) mass is 557 g/mol. The Kier molecular flexibility index (Phi) is 5.55. The lowest BCUT2D eigenvalue weighted by Crippen LogP contribution is -2.31. The normalized spacial score (nSPS) is 12.2. The van der Waals surface area contributed by atoms with Gasteiger partial charge in [-0.3, -0.25) is 0 Å². The van der Waals surface area contributed by atoms with Gasteiger partial charge in [-0.15, -0.1) is 0 Å². The summed E-state index contributed by atoms with van der Waals surface area (Å²) >= 11 is 0. The summed E-state index contributed by atoms with van der Waals surface area (Å²) in [5.74, 6) is 0. The van der Waals surface area contributed by atoms with Gasteiger partial charge in [-0.05, 0) is 65.6 Å². The van der Waals surface area contributed by atoms with Crippen LogP contribution in [0.25, 0.3) is 59.9 Å². The summed E-state index contributed by atoms with van der Waals surface area (Å²) in [4.78, 5) is -0.0851. The highest BCUT2D eigenvalue weighted by molar-refractivity contribution is 7.85. The molecule has 0 spiro atoms. The van der Waals surface area contributed by atoms with Crippen molar-refractivity contribution < 1.29 is 17.5 Å². The molecular weight excluding hydrogens is 530 g/mol. The molecule has 0 aliphatic carbocycles. The number of rotatable bonds is 1. The summed E-state index contributed by atoms with van der Waals surface area (Å²) in [6, 6.07) is 31.7. The van der Waals surface area contributed by atoms with Crippen LogP contribution in [0.4, 0.5) is 0 Å². The van der Waals surface area contributed by atoms with Crippen LogP contribution in [0.15, 0.2) is 95.9 Å². The number of hydrogen-bond acceptors (Lipinski definition) is 4. The molecule has 0 bridgehead atoms. The van der Waals surface area contributed by atoms with Gasteiger partial charge in [0.1, 0.15) is 21.2 Å². The molecular formula is C34H27N3O3S. The lowest BCUT2D eigenvalue weighted by atomic mass is 10.1. The molecule has 2 aromatic heterocycles. The van der Waals surface area contributed by atoms with Crippen molar-refractivity contribution in [2.75, 3.05) is 0 Å². The van der Waals surface area contributed by atoms with E-state index in [4.69, 9.17) is 5.10 Å². The van der Waals surface area contributed by atoms with E-state index in [-0.39, 0.29) is 4.90 Å². The standard InChI is InChI=1S/C25H16N3.C9H12O3S/c1-27-20-12-4-8-16-9-5-13-21(24(16)20)28-22(27)14-19-17-10-2-6-15-7-3-11-18(23(15)17)25(19)26-28;1-6-4-7(2)9(8(3)5-6)13(10,11)12/h2-14H,1H3;4-5H,1-3H3,(H,10,11,12)/q+1;/p-1. The van der Waals surface area contributed by atoms with E-state index in [2.05, 4.69) is 95.0 Å². The first-order chi connectivity index (χ1) is 19.6. The van der Waals surface area contributed by atoms with Crippen molar-refractivity contribution in [3.63, 3.8) is 0 Å². The van der Waals surface area contributed by atoms with Gasteiger partial charge >= 0.3 is 5.65 Å². The third-order valence-electron chi connectivity index (χ3n) is 8.04. The zero-order valence-corrected chi connectivity index (χ0v) is 24.0. The van der Waals surface area contributed by atoms with Gasteiger partial charge in [-0.1, -0.05) is 88.0 Å². The smallest absolute Gasteiger partial charge is 0.308 e. The van der Waals surface area contributed by atoms with Crippen LogP contribution in [-0.2, 0) is 17.2 Å². The van der Waals surface area contributed by atoms with Crippen molar-refractivity contribution in [2.45, 2.75) is 25.7 Å². The highest BCUT2D eigenvalue weighted by Gasteiger charge is 2.21. The molecule has 0 atom stereocenters. The van der Waals surface area contributed by atoms with E-state index < -0.39 is 10.1 Å². The number of hydrogen-bond donors (Lipinski definition) is 0. The summed E-state index contributed by atoms with van der Waals surface area (Å²) in [5, 5.41) is 14.0. The Morgan fingerprint density at radius 1 is 0.732 bits per heavy atom. The van der Waals surface area contributed by atoms with Crippen molar-refractivity contribution in [3.05, 3.63) is 108 Å². The molecule has 8 rings (SSSR count). The highest BCUT2D eigenvalue weighted by atomic mass is 32.2. The first-order valence-corrected chi connectivity index (χ1v) is 14.8. The molecule has 0 amide bonds. The molecule has 0 N–H and O–H groups in total. The minimum Gasteiger partial charge on any atom is -0.744 e. The maximum absolute atomic E-state index is 10.8. The molecule has 202 valence electrons. The second kappa shape index (κ2) is 8.96. The summed E-state index contributed by atoms with van der Waals surface area (Å²) in [7, 11) is -2.20. The number of fused-ring (bicyclic) bond motifs is 5. The van der Waals surface area contributed by atoms with E-state index in [1.807, 2.05) is 6.92 Å². The van der Waals surface area contributed by atoms with Crippen molar-refractivity contribution in [3.8, 4) is 0 Å². The Bertz CT molecular complexity index is 2410. The van der Waals surface area contributed by atoms with E-state index in [1.54, 1.807) is 26.0 Å². The Morgan fingerprint density at radius 3 is 1.98 bits per heavy atom. The molecule has 7 heteroatoms. The maximum Gasteiger partial charge on any atom is 0.308 e. The molecule has 0 aliphatic rings. The first kappa shape index (κ1) is 25.4. The average molecular weight is 558 g/mol. The summed E-state index contributed by atoms with van der Waals surface area (Å²) in [6.45, 7) is 5.12. The van der Waals surface area contributed by atoms with Crippen LogP contribution < -0.4 is 4.52 Å². The Labute approximate surface area is 237 Å². The number of benzene rings is 5. The van der Waals surface area contributed by atoms with Gasteiger partial charge in [0.2, 0.25) is 0 Å². The second-order valence-corrected chi connectivity index (χ2v) is 12.1. The van der Waals surface area contributed by atoms with Gasteiger partial charge in [0, 0.05) is 16.8 Å². The molecule has 6 nitrogen and oxygen atoms in total. The molecule has 41 heavy (non-hydrogen) atoms. The first-order valence-electron chi connectivity index (χ1n) is 13.4. The fourth-order valence-electron chi connectivity index (χ4n) is 6.49. The van der Waals surface area contributed by atoms with Gasteiger partial charge < -0.3 is 4.55 Å². The van der Waals surface area contributed by atoms with E-state index in [0.29, 0.717) is 11.1 Å². The van der Waals surface area contributed by atoms with Crippen LogP contribution >= 0.6 is 0 Å². The van der Waals surface area contributed by atoms with Gasteiger partial charge in [0.05, 0.1) is 17.3 Å². The van der Waals surface area contributed by atoms with Crippen LogP contribution in [0, 0.1) is 20.8 Å². The number of nitrogens with zero attached hydrogens (tertiary/aromatic N) is 3. The maximum atomic E-state index is 10.8. The van der Waals surface area contributed by atoms with Crippen molar-refractivity contribution in [2.24, 2.45) is 7.05 Å². The van der Waals surface area contributed by atoms with Crippen molar-refractivity contribution >= 4 is 70.0 Å². The Morgan fingerprint density at radius 2 is 1.32 bits per heavy atom. The minimum atomic E-state index is -4.33. The molecule has 2 heterocycles. The third-order valence-corrected chi connectivity index (χ3v) is 9.19. The van der Waals surface area contributed by atoms with Crippen LogP contribution in [0.5, 0.6) is 0 Å². The molecule has 6 aromatic carbocycles. The molecule has 0 fully saturated rings. The summed E-state index contributed by atoms with van der Waals surface area (Å²) in [5.41, 5.74) is 6.54. The Hall–Kier alpha value is -4.59. The fourth-order valence-corrected chi connectivity index (χ4v) is 7.40. The van der Waals surface area contributed by atoms with Crippen LogP contribution in [0.1, 0.15) is 16.7 Å². The SMILES string of the molecule is Cc1cc(C)c(S(=O)(=O)[O-])c(C)c1.Cn1c2cccc3cccc(c32)[n+]2nc3c(cc12)c1cccc2cccc3c21. The molecule has 0 radical (unpaired) electrons. The molecule has 0 saturated carbocycles. The van der Waals surface area contributed by atoms with Crippen LogP contribution in [0.2, 0.25) is 0 Å². The Balaban J connectivity index is 0.000000181. The zero-order valence-electron chi connectivity index (χ0n) is 23.1. The minimum absolute atomic E-state index is 0.0851. The van der Waals surface area contributed by atoms with E-state index in [1.165, 1.54) is 43.2 Å². The van der Waals surface area contributed by atoms with Gasteiger partial charge in [-0.2, -0.15) is 0 Å². The fraction of sp³-hybridized carbons (Fsp3) is 0.118. The lowest BCUT2D eigenvalue weighted by Gasteiger charge is -2.14. The molecule has 0 aliphatic heterocycles. The average Bonchev–Trinajstić information content (AvgIpc) is 3.24. The quantitative estimate of drug-likeness (QED) is 0.0954. The van der Waals surface area contributed by atoms with Crippen LogP contribution in [-0.4, -0.2) is 22.6 Å². The van der Waals surface area contributed by atoms with E-state index in [0.717, 1.165) is 22.2 Å². The number of aromatic nitrogens is 3. The van der Waals surface area contributed by atoms with Gasteiger partial charge in [0.15, 0.2) is 5.52 Å². The summed E-state index contributed by atoms with van der Waals surface area (Å²) < 4.78 is 36.9. The lowest BCUT2D eigenvalue weighted by molar-refractivity contribution is -0.552. The molecule has 8 aromatic rings. The molecule has 0 unspecified atom stereocenters. The third kappa shape index (κ3) is 3.84. The van der Waals surface area contributed by atoms with Crippen molar-refractivity contribution in [1.82, 2.24) is 9.67 Å². The highest BCUT2D eigenvalue weighted by Crippen LogP contribution is 2.37. The summed E-state index contributed by atoms with van der Waals surface area (Å²) in [6.07, 6.45) is 0. The number of aryl methyl sites for hydroxylation is 4. The van der Waals surface area contributed by atoms with Crippen molar-refractivity contribution in [1.29, 1.82) is 0 Å². The van der Waals surface area contributed by atoms with Crippen LogP contribution in [0.3, 0.4) is 0 Å². The zero-order chi connectivity index (χ0) is 28.6. The molecule has 0 saturated heterocycles. The topological polar surface area (TPSA) is 79.1 Å². The predicted octanol–water partition coefficient (Wildman–Crippen LogP) is 6.88.